The van der Waals surface area contributed by atoms with Gasteiger partial charge >= 0.3 is 0 Å². The molecule has 0 amide bonds. The van der Waals surface area contributed by atoms with Crippen LogP contribution in [0.15, 0.2) is 23.1 Å². The molecule has 102 valence electrons. The van der Waals surface area contributed by atoms with Crippen molar-refractivity contribution in [1.82, 2.24) is 4.72 Å². The number of hydrogen-bond donors (Lipinski definition) is 2. The lowest BCUT2D eigenvalue weighted by Gasteiger charge is -2.28. The van der Waals surface area contributed by atoms with E-state index >= 15 is 0 Å². The summed E-state index contributed by atoms with van der Waals surface area (Å²) in [5.74, 6) is -1.01. The van der Waals surface area contributed by atoms with E-state index < -0.39 is 32.4 Å². The van der Waals surface area contributed by atoms with Crippen LogP contribution < -0.4 is 4.72 Å². The average Bonchev–Trinajstić information content (AvgIpc) is 2.20. The van der Waals surface area contributed by atoms with Gasteiger partial charge in [0.1, 0.15) is 4.90 Å². The fourth-order valence-corrected chi connectivity index (χ4v) is 2.99. The second-order valence-corrected chi connectivity index (χ2v) is 6.61. The summed E-state index contributed by atoms with van der Waals surface area (Å²) in [6.07, 6.45) is -0.936. The first-order valence-corrected chi connectivity index (χ1v) is 7.10. The molecular weight excluding hydrogens is 281 g/mol. The third-order valence-electron chi connectivity index (χ3n) is 2.65. The van der Waals surface area contributed by atoms with Crippen LogP contribution in [-0.2, 0) is 10.0 Å². The molecule has 7 heteroatoms. The lowest BCUT2D eigenvalue weighted by Crippen LogP contribution is -2.50. The summed E-state index contributed by atoms with van der Waals surface area (Å²) in [7, 11) is -4.09. The molecule has 4 nitrogen and oxygen atoms in total. The topological polar surface area (TPSA) is 66.4 Å². The van der Waals surface area contributed by atoms with Crippen molar-refractivity contribution in [1.29, 1.82) is 0 Å². The van der Waals surface area contributed by atoms with Gasteiger partial charge in [-0.25, -0.2) is 17.5 Å². The predicted octanol–water partition coefficient (Wildman–Crippen LogP) is 1.92. The van der Waals surface area contributed by atoms with Crippen LogP contribution in [0.4, 0.5) is 4.39 Å². The minimum atomic E-state index is -4.09. The Labute approximate surface area is 111 Å². The lowest BCUT2D eigenvalue weighted by atomic mass is 10.0. The summed E-state index contributed by atoms with van der Waals surface area (Å²) in [5.41, 5.74) is -1.12. The molecule has 1 aromatic carbocycles. The van der Waals surface area contributed by atoms with E-state index in [0.29, 0.717) is 0 Å². The van der Waals surface area contributed by atoms with Crippen LogP contribution in [0.3, 0.4) is 0 Å². The molecule has 18 heavy (non-hydrogen) atoms. The molecule has 0 heterocycles. The van der Waals surface area contributed by atoms with E-state index in [-0.39, 0.29) is 5.02 Å². The van der Waals surface area contributed by atoms with Crippen LogP contribution in [0.5, 0.6) is 0 Å². The Morgan fingerprint density at radius 3 is 2.50 bits per heavy atom. The normalized spacial score (nSPS) is 14.6. The largest absolute Gasteiger partial charge is 0.391 e. The summed E-state index contributed by atoms with van der Waals surface area (Å²) in [6, 6.07) is 3.72. The number of sulfonamides is 1. The highest BCUT2D eigenvalue weighted by Crippen LogP contribution is 2.23. The van der Waals surface area contributed by atoms with Gasteiger partial charge in [-0.1, -0.05) is 17.7 Å². The quantitative estimate of drug-likeness (QED) is 0.892. The van der Waals surface area contributed by atoms with E-state index in [0.717, 1.165) is 6.07 Å². The van der Waals surface area contributed by atoms with Crippen molar-refractivity contribution in [2.45, 2.75) is 37.3 Å². The third-order valence-corrected chi connectivity index (χ3v) is 4.63. The molecule has 0 aliphatic heterocycles. The number of benzene rings is 1. The van der Waals surface area contributed by atoms with Crippen LogP contribution in [0.25, 0.3) is 0 Å². The Hall–Kier alpha value is -0.690. The Balaban J connectivity index is 3.20. The number of aliphatic hydroxyl groups excluding tert-OH is 1. The summed E-state index contributed by atoms with van der Waals surface area (Å²) in [6.45, 7) is 4.44. The van der Waals surface area contributed by atoms with Crippen molar-refractivity contribution in [2.24, 2.45) is 0 Å². The van der Waals surface area contributed by atoms with Gasteiger partial charge in [-0.3, -0.25) is 0 Å². The fraction of sp³-hybridized carbons (Fsp3) is 0.455. The first-order valence-electron chi connectivity index (χ1n) is 5.24. The number of aliphatic hydroxyl groups is 1. The van der Waals surface area contributed by atoms with Gasteiger partial charge in [0, 0.05) is 0 Å². The maximum absolute atomic E-state index is 13.7. The fourth-order valence-electron chi connectivity index (χ4n) is 1.18. The van der Waals surface area contributed by atoms with E-state index in [9.17, 15) is 17.9 Å². The molecule has 0 spiro atoms. The van der Waals surface area contributed by atoms with Crippen LogP contribution in [0.1, 0.15) is 20.8 Å². The first-order chi connectivity index (χ1) is 8.08. The molecule has 0 bridgehead atoms. The summed E-state index contributed by atoms with van der Waals surface area (Å²) < 4.78 is 39.9. The van der Waals surface area contributed by atoms with Crippen molar-refractivity contribution in [3.8, 4) is 0 Å². The van der Waals surface area contributed by atoms with Gasteiger partial charge in [0.15, 0.2) is 5.82 Å². The Kier molecular flexibility index (Phi) is 4.38. The monoisotopic (exact) mass is 295 g/mol. The highest BCUT2D eigenvalue weighted by Gasteiger charge is 2.32. The van der Waals surface area contributed by atoms with E-state index in [1.54, 1.807) is 0 Å². The maximum Gasteiger partial charge on any atom is 0.244 e. The second kappa shape index (κ2) is 5.13. The van der Waals surface area contributed by atoms with Gasteiger partial charge in [-0.05, 0) is 32.9 Å². The van der Waals surface area contributed by atoms with Crippen LogP contribution >= 0.6 is 11.6 Å². The van der Waals surface area contributed by atoms with E-state index in [1.165, 1.54) is 32.9 Å². The molecule has 2 N–H and O–H groups in total. The smallest absolute Gasteiger partial charge is 0.244 e. The van der Waals surface area contributed by atoms with Crippen LogP contribution in [0, 0.1) is 5.82 Å². The molecule has 1 unspecified atom stereocenters. The molecule has 0 aliphatic rings. The molecule has 0 aliphatic carbocycles. The van der Waals surface area contributed by atoms with E-state index in [4.69, 9.17) is 11.6 Å². The van der Waals surface area contributed by atoms with Crippen LogP contribution in [0.2, 0.25) is 5.02 Å². The minimum absolute atomic E-state index is 0.271. The molecule has 1 atom stereocenters. The maximum atomic E-state index is 13.7. The van der Waals surface area contributed by atoms with Gasteiger partial charge in [0.05, 0.1) is 16.7 Å². The van der Waals surface area contributed by atoms with Gasteiger partial charge in [-0.2, -0.15) is 0 Å². The Morgan fingerprint density at radius 2 is 2.00 bits per heavy atom. The number of hydrogen-bond acceptors (Lipinski definition) is 3. The third kappa shape index (κ3) is 3.20. The van der Waals surface area contributed by atoms with Crippen molar-refractivity contribution in [2.75, 3.05) is 0 Å². The molecule has 0 saturated heterocycles. The SMILES string of the molecule is CC(O)C(C)(C)NS(=O)(=O)c1cccc(Cl)c1F. The number of rotatable bonds is 4. The molecule has 0 saturated carbocycles. The number of nitrogens with one attached hydrogen (secondary N) is 1. The average molecular weight is 296 g/mol. The summed E-state index contributed by atoms with van der Waals surface area (Å²) in [4.78, 5) is -0.538. The summed E-state index contributed by atoms with van der Waals surface area (Å²) >= 11 is 5.54. The molecule has 1 rings (SSSR count). The Bertz CT molecular complexity index is 543. The van der Waals surface area contributed by atoms with Gasteiger partial charge in [-0.15, -0.1) is 0 Å². The Morgan fingerprint density at radius 1 is 1.44 bits per heavy atom. The van der Waals surface area contributed by atoms with Gasteiger partial charge in [0.25, 0.3) is 0 Å². The van der Waals surface area contributed by atoms with Crippen LogP contribution in [-0.4, -0.2) is 25.2 Å². The zero-order valence-electron chi connectivity index (χ0n) is 10.2. The van der Waals surface area contributed by atoms with Crippen molar-refractivity contribution >= 4 is 21.6 Å². The first kappa shape index (κ1) is 15.4. The molecule has 1 aromatic rings. The van der Waals surface area contributed by atoms with Crippen molar-refractivity contribution < 1.29 is 17.9 Å². The van der Waals surface area contributed by atoms with Crippen molar-refractivity contribution in [3.63, 3.8) is 0 Å². The van der Waals surface area contributed by atoms with E-state index in [2.05, 4.69) is 4.72 Å². The van der Waals surface area contributed by atoms with Crippen molar-refractivity contribution in [3.05, 3.63) is 29.0 Å². The second-order valence-electron chi connectivity index (χ2n) is 4.56. The highest BCUT2D eigenvalue weighted by atomic mass is 35.5. The molecule has 0 fully saturated rings. The minimum Gasteiger partial charge on any atom is -0.391 e. The molecule has 0 aromatic heterocycles. The summed E-state index contributed by atoms with van der Waals surface area (Å²) in [5, 5.41) is 9.20. The lowest BCUT2D eigenvalue weighted by molar-refractivity contribution is 0.111. The van der Waals surface area contributed by atoms with Gasteiger partial charge in [0.2, 0.25) is 10.0 Å². The number of halogens is 2. The zero-order valence-corrected chi connectivity index (χ0v) is 11.8. The zero-order chi connectivity index (χ0) is 14.1. The highest BCUT2D eigenvalue weighted by molar-refractivity contribution is 7.89. The molecular formula is C11H15ClFNO3S. The predicted molar refractivity (Wildman–Crippen MR) is 67.5 cm³/mol. The standard InChI is InChI=1S/C11H15ClFNO3S/c1-7(15)11(2,3)14-18(16,17)9-6-4-5-8(12)10(9)13/h4-7,14-15H,1-3H3. The van der Waals surface area contributed by atoms with E-state index in [1.807, 2.05) is 0 Å². The van der Waals surface area contributed by atoms with Gasteiger partial charge < -0.3 is 5.11 Å². The molecule has 0 radical (unpaired) electrons.